The molecule has 1 aliphatic heterocycles. The average molecular weight is 503 g/mol. The Bertz CT molecular complexity index is 967. The number of allylic oxidation sites excluding steroid dienone is 2. The number of unbranched alkanes of at least 4 members (excludes halogenated alkanes) is 3. The number of hydrogen-bond donors (Lipinski definition) is 0. The second kappa shape index (κ2) is 15.8. The maximum absolute atomic E-state index is 11.5. The summed E-state index contributed by atoms with van der Waals surface area (Å²) in [7, 11) is 0. The van der Waals surface area contributed by atoms with E-state index in [0.717, 1.165) is 67.5 Å². The van der Waals surface area contributed by atoms with Crippen molar-refractivity contribution in [3.05, 3.63) is 102 Å². The maximum Gasteiger partial charge on any atom is 2.00 e. The van der Waals surface area contributed by atoms with Crippen LogP contribution < -0.4 is 0 Å². The van der Waals surface area contributed by atoms with Gasteiger partial charge in [0.1, 0.15) is 0 Å². The first-order chi connectivity index (χ1) is 15.1. The van der Waals surface area contributed by atoms with E-state index in [2.05, 4.69) is 76.2 Å². The fraction of sp³-hybridized carbons (Fsp3) is 0.419. The standard InChI is InChI=1S/C29H38N2.2CH3.Ni/c1-5-8-13-23-17-19-24(20-18-23)28-26(15-9-6-2)27(16-10-7-3)29(31(28)30)25-14-11-12-22(4)21-25;;;/h11-12,14,17-21H,5-10,13,15-16H2,1-4H3;2*1H3;/q;2*-1;+2. The zero-order valence-electron chi connectivity index (χ0n) is 22.2. The van der Waals surface area contributed by atoms with Crippen LogP contribution in [0.1, 0.15) is 94.4 Å². The molecule has 2 aromatic rings. The van der Waals surface area contributed by atoms with E-state index in [0.29, 0.717) is 0 Å². The van der Waals surface area contributed by atoms with Crippen LogP contribution in [0.15, 0.2) is 59.7 Å². The molecule has 0 saturated heterocycles. The van der Waals surface area contributed by atoms with Crippen LogP contribution in [0.4, 0.5) is 0 Å². The minimum absolute atomic E-state index is 0. The van der Waals surface area contributed by atoms with Gasteiger partial charge in [-0.3, -0.25) is 0 Å². The molecule has 0 aliphatic carbocycles. The Balaban J connectivity index is 0.00000363. The van der Waals surface area contributed by atoms with Gasteiger partial charge in [-0.05, 0) is 75.3 Å². The third-order valence-corrected chi connectivity index (χ3v) is 6.26. The van der Waals surface area contributed by atoms with Crippen molar-refractivity contribution in [1.29, 1.82) is 0 Å². The predicted molar refractivity (Wildman–Crippen MR) is 146 cm³/mol. The summed E-state index contributed by atoms with van der Waals surface area (Å²) in [6.07, 6.45) is 10.1. The quantitative estimate of drug-likeness (QED) is 0.166. The predicted octanol–water partition coefficient (Wildman–Crippen LogP) is 9.79. The Morgan fingerprint density at radius 3 is 1.68 bits per heavy atom. The van der Waals surface area contributed by atoms with Crippen molar-refractivity contribution >= 4 is 11.4 Å². The molecule has 3 heteroatoms. The fourth-order valence-corrected chi connectivity index (χ4v) is 4.49. The fourth-order valence-electron chi connectivity index (χ4n) is 4.49. The molecule has 2 nitrogen and oxygen atoms in total. The molecule has 0 saturated carbocycles. The van der Waals surface area contributed by atoms with Crippen molar-refractivity contribution in [3.8, 4) is 0 Å². The first-order valence-electron chi connectivity index (χ1n) is 12.2. The Morgan fingerprint density at radius 2 is 1.18 bits per heavy atom. The van der Waals surface area contributed by atoms with Crippen molar-refractivity contribution < 1.29 is 21.2 Å². The number of rotatable bonds is 11. The van der Waals surface area contributed by atoms with Gasteiger partial charge < -0.3 is 20.4 Å². The van der Waals surface area contributed by atoms with Crippen molar-refractivity contribution in [3.63, 3.8) is 0 Å². The van der Waals surface area contributed by atoms with Gasteiger partial charge in [0.05, 0.1) is 0 Å². The monoisotopic (exact) mass is 502 g/mol. The Morgan fingerprint density at radius 1 is 0.676 bits per heavy atom. The molecular formula is C31H44N2Ni. The van der Waals surface area contributed by atoms with Gasteiger partial charge in [0.2, 0.25) is 11.4 Å². The summed E-state index contributed by atoms with van der Waals surface area (Å²) in [6, 6.07) is 17.4. The average Bonchev–Trinajstić information content (AvgIpc) is 3.06. The molecule has 188 valence electrons. The molecule has 0 amide bonds. The summed E-state index contributed by atoms with van der Waals surface area (Å²) in [5.74, 6) is 0. The second-order valence-corrected chi connectivity index (χ2v) is 8.84. The summed E-state index contributed by atoms with van der Waals surface area (Å²) in [6.45, 7) is 8.83. The van der Waals surface area contributed by atoms with E-state index >= 15 is 0 Å². The molecule has 0 spiro atoms. The van der Waals surface area contributed by atoms with Crippen LogP contribution in [0.5, 0.6) is 0 Å². The molecular weight excluding hydrogens is 459 g/mol. The van der Waals surface area contributed by atoms with E-state index in [1.54, 1.807) is 0 Å². The molecule has 3 rings (SSSR count). The summed E-state index contributed by atoms with van der Waals surface area (Å²) in [5.41, 5.74) is 21.0. The van der Waals surface area contributed by atoms with Gasteiger partial charge in [0.25, 0.3) is 0 Å². The number of benzene rings is 2. The molecule has 0 unspecified atom stereocenters. The Labute approximate surface area is 220 Å². The smallest absolute Gasteiger partial charge is 0.493 e. The first-order valence-corrected chi connectivity index (χ1v) is 12.2. The van der Waals surface area contributed by atoms with Gasteiger partial charge in [-0.2, -0.15) is 0 Å². The normalized spacial score (nSPS) is 12.9. The topological polar surface area (TPSA) is 25.3 Å². The molecule has 2 aromatic carbocycles. The van der Waals surface area contributed by atoms with Gasteiger partial charge in [0, 0.05) is 22.3 Å². The molecule has 0 N–H and O–H groups in total. The molecule has 0 aromatic heterocycles. The van der Waals surface area contributed by atoms with Gasteiger partial charge >= 0.3 is 16.5 Å². The maximum atomic E-state index is 11.5. The Kier molecular flexibility index (Phi) is 14.9. The van der Waals surface area contributed by atoms with E-state index in [1.807, 2.05) is 0 Å². The number of hydrogen-bond acceptors (Lipinski definition) is 0. The molecule has 34 heavy (non-hydrogen) atoms. The second-order valence-electron chi connectivity index (χ2n) is 8.84. The van der Waals surface area contributed by atoms with E-state index in [4.69, 9.17) is 0 Å². The summed E-state index contributed by atoms with van der Waals surface area (Å²) in [4.78, 5) is 0. The van der Waals surface area contributed by atoms with Crippen LogP contribution in [0.3, 0.4) is 0 Å². The summed E-state index contributed by atoms with van der Waals surface area (Å²) in [5, 5.41) is 0. The SMILES string of the molecule is CCCCC1=C(c2ccc(CCCC)cc2)[N+](=[N-])C(c2cccc(C)c2)=C1CCCC.[CH3-].[CH3-].[Ni+2]. The third-order valence-electron chi connectivity index (χ3n) is 6.26. The third kappa shape index (κ3) is 7.51. The zero-order valence-corrected chi connectivity index (χ0v) is 23.2. The number of nitrogens with zero attached hydrogens (tertiary/aromatic N) is 2. The van der Waals surface area contributed by atoms with E-state index < -0.39 is 0 Å². The van der Waals surface area contributed by atoms with Gasteiger partial charge in [0.15, 0.2) is 0 Å². The molecule has 0 atom stereocenters. The minimum Gasteiger partial charge on any atom is -0.493 e. The van der Waals surface area contributed by atoms with E-state index in [9.17, 15) is 5.53 Å². The minimum atomic E-state index is 0. The van der Waals surface area contributed by atoms with E-state index in [1.165, 1.54) is 39.8 Å². The zero-order chi connectivity index (χ0) is 22.2. The molecule has 1 heterocycles. The van der Waals surface area contributed by atoms with Crippen molar-refractivity contribution in [2.45, 2.75) is 85.5 Å². The summed E-state index contributed by atoms with van der Waals surface area (Å²) >= 11 is 0. The molecule has 0 fully saturated rings. The first kappa shape index (κ1) is 32.0. The van der Waals surface area contributed by atoms with Crippen LogP contribution in [0.2, 0.25) is 0 Å². The Hall–Kier alpha value is -1.99. The van der Waals surface area contributed by atoms with Crippen molar-refractivity contribution in [2.75, 3.05) is 0 Å². The molecule has 0 bridgehead atoms. The van der Waals surface area contributed by atoms with Crippen LogP contribution in [0, 0.1) is 21.8 Å². The molecule has 1 aliphatic rings. The summed E-state index contributed by atoms with van der Waals surface area (Å²) < 4.78 is 1.49. The van der Waals surface area contributed by atoms with Gasteiger partial charge in [-0.15, -0.1) is 0 Å². The number of aryl methyl sites for hydroxylation is 2. The van der Waals surface area contributed by atoms with Crippen molar-refractivity contribution in [2.24, 2.45) is 0 Å². The van der Waals surface area contributed by atoms with Gasteiger partial charge in [-0.25, -0.2) is 4.70 Å². The largest absolute Gasteiger partial charge is 2.00 e. The van der Waals surface area contributed by atoms with Crippen LogP contribution in [-0.2, 0) is 22.9 Å². The van der Waals surface area contributed by atoms with Crippen molar-refractivity contribution in [1.82, 2.24) is 0 Å². The van der Waals surface area contributed by atoms with Crippen LogP contribution in [0.25, 0.3) is 16.9 Å². The van der Waals surface area contributed by atoms with Crippen LogP contribution in [-0.4, -0.2) is 4.70 Å². The molecule has 0 radical (unpaired) electrons. The van der Waals surface area contributed by atoms with E-state index in [-0.39, 0.29) is 31.3 Å². The van der Waals surface area contributed by atoms with Crippen LogP contribution >= 0.6 is 0 Å². The van der Waals surface area contributed by atoms with Gasteiger partial charge in [-0.1, -0.05) is 69.9 Å².